The number of aliphatic imine (C=N–C) groups is 1. The summed E-state index contributed by atoms with van der Waals surface area (Å²) in [7, 11) is 4.50. The minimum absolute atomic E-state index is 0.0465. The fourth-order valence-electron chi connectivity index (χ4n) is 4.02. The van der Waals surface area contributed by atoms with Crippen molar-refractivity contribution >= 4 is 28.8 Å². The molecule has 3 aromatic rings. The summed E-state index contributed by atoms with van der Waals surface area (Å²) >= 11 is 0. The van der Waals surface area contributed by atoms with E-state index in [0.29, 0.717) is 11.6 Å². The van der Waals surface area contributed by atoms with Crippen molar-refractivity contribution in [1.82, 2.24) is 14.5 Å². The Hall–Kier alpha value is -3.70. The summed E-state index contributed by atoms with van der Waals surface area (Å²) < 4.78 is 72.2. The van der Waals surface area contributed by atoms with Crippen molar-refractivity contribution in [3.05, 3.63) is 53.1 Å². The number of aromatic nitrogens is 2. The van der Waals surface area contributed by atoms with E-state index in [9.17, 15) is 22.4 Å². The number of halogens is 5. The normalized spacial score (nSPS) is 19.0. The molecule has 1 aliphatic rings. The van der Waals surface area contributed by atoms with Gasteiger partial charge in [0.15, 0.2) is 5.96 Å². The van der Waals surface area contributed by atoms with Crippen LogP contribution < -0.4 is 10.6 Å². The zero-order chi connectivity index (χ0) is 25.2. The number of carbonyl (C=O) groups excluding carboxylic acids is 1. The lowest BCUT2D eigenvalue weighted by atomic mass is 9.87. The first-order valence-corrected chi connectivity index (χ1v) is 10.1. The quantitative estimate of drug-likeness (QED) is 0.579. The Kier molecular flexibility index (Phi) is 5.29. The van der Waals surface area contributed by atoms with Gasteiger partial charge < -0.3 is 10.6 Å². The van der Waals surface area contributed by atoms with Crippen molar-refractivity contribution < 1.29 is 26.7 Å². The number of carbonyl (C=O) groups is 1. The van der Waals surface area contributed by atoms with E-state index in [1.165, 1.54) is 43.1 Å². The number of rotatable bonds is 3. The van der Waals surface area contributed by atoms with Crippen molar-refractivity contribution in [1.29, 1.82) is 0 Å². The Labute approximate surface area is 191 Å². The molecule has 34 heavy (non-hydrogen) atoms. The van der Waals surface area contributed by atoms with Gasteiger partial charge in [-0.2, -0.15) is 13.2 Å². The molecule has 4 rings (SSSR count). The minimum atomic E-state index is -5.07. The van der Waals surface area contributed by atoms with E-state index in [1.807, 2.05) is 0 Å². The molecule has 0 radical (unpaired) electrons. The van der Waals surface area contributed by atoms with Crippen molar-refractivity contribution in [3.8, 4) is 5.69 Å². The average molecular weight is 480 g/mol. The summed E-state index contributed by atoms with van der Waals surface area (Å²) in [4.78, 5) is 23.5. The Morgan fingerprint density at radius 2 is 1.76 bits per heavy atom. The second-order valence-corrected chi connectivity index (χ2v) is 8.47. The van der Waals surface area contributed by atoms with Crippen LogP contribution in [-0.2, 0) is 16.5 Å². The van der Waals surface area contributed by atoms with E-state index in [0.717, 1.165) is 16.7 Å². The third kappa shape index (κ3) is 3.62. The summed E-state index contributed by atoms with van der Waals surface area (Å²) in [5.74, 6) is -2.80. The van der Waals surface area contributed by atoms with Gasteiger partial charge in [-0.05, 0) is 36.8 Å². The molecule has 180 valence electrons. The van der Waals surface area contributed by atoms with E-state index in [4.69, 9.17) is 5.73 Å². The van der Waals surface area contributed by atoms with Crippen LogP contribution in [0.15, 0.2) is 35.3 Å². The van der Waals surface area contributed by atoms with E-state index < -0.39 is 34.4 Å². The number of hydrogen-bond acceptors (Lipinski definition) is 5. The first-order valence-electron chi connectivity index (χ1n) is 10.1. The number of amides is 1. The topological polar surface area (TPSA) is 79.8 Å². The highest BCUT2D eigenvalue weighted by Gasteiger charge is 2.40. The molecule has 2 aromatic carbocycles. The van der Waals surface area contributed by atoms with Crippen molar-refractivity contribution in [2.45, 2.75) is 25.1 Å². The van der Waals surface area contributed by atoms with E-state index in [-0.39, 0.29) is 35.4 Å². The van der Waals surface area contributed by atoms with Crippen molar-refractivity contribution in [2.75, 3.05) is 26.0 Å². The predicted octanol–water partition coefficient (Wildman–Crippen LogP) is 3.78. The van der Waals surface area contributed by atoms with Crippen LogP contribution in [0.25, 0.3) is 16.7 Å². The fourth-order valence-corrected chi connectivity index (χ4v) is 4.02. The third-order valence-electron chi connectivity index (χ3n) is 5.82. The number of nitrogens with two attached hydrogens (primary N) is 1. The smallest absolute Gasteiger partial charge is 0.369 e. The molecular formula is C22H21F5N6O. The van der Waals surface area contributed by atoms with Crippen LogP contribution in [0, 0.1) is 11.6 Å². The van der Waals surface area contributed by atoms with E-state index >= 15 is 4.39 Å². The molecule has 7 nitrogen and oxygen atoms in total. The zero-order valence-corrected chi connectivity index (χ0v) is 18.7. The van der Waals surface area contributed by atoms with Gasteiger partial charge in [0, 0.05) is 21.1 Å². The van der Waals surface area contributed by atoms with Gasteiger partial charge >= 0.3 is 6.18 Å². The highest BCUT2D eigenvalue weighted by Crippen LogP contribution is 2.41. The lowest BCUT2D eigenvalue weighted by Crippen LogP contribution is -2.47. The van der Waals surface area contributed by atoms with Gasteiger partial charge in [-0.25, -0.2) is 18.8 Å². The Bertz CT molecular complexity index is 1350. The SMILES string of the molecule is CN1C(=O)C[C@@](C)(c2ccc(F)c(-n3c(N(C)C)nc4ccc(F)c(C(F)(F)F)c43)c2)N=C1N. The summed E-state index contributed by atoms with van der Waals surface area (Å²) in [5.41, 5.74) is 2.36. The molecule has 0 fully saturated rings. The minimum Gasteiger partial charge on any atom is -0.369 e. The lowest BCUT2D eigenvalue weighted by Gasteiger charge is -2.34. The van der Waals surface area contributed by atoms with Crippen LogP contribution in [0.3, 0.4) is 0 Å². The largest absolute Gasteiger partial charge is 0.421 e. The van der Waals surface area contributed by atoms with Gasteiger partial charge in [-0.3, -0.25) is 14.3 Å². The van der Waals surface area contributed by atoms with Crippen LogP contribution in [0.4, 0.5) is 27.9 Å². The first kappa shape index (κ1) is 23.5. The van der Waals surface area contributed by atoms with Gasteiger partial charge in [-0.15, -0.1) is 0 Å². The van der Waals surface area contributed by atoms with Crippen LogP contribution in [0.2, 0.25) is 0 Å². The third-order valence-corrected chi connectivity index (χ3v) is 5.82. The molecule has 2 N–H and O–H groups in total. The second-order valence-electron chi connectivity index (χ2n) is 8.47. The molecule has 12 heteroatoms. The summed E-state index contributed by atoms with van der Waals surface area (Å²) in [5, 5.41) is 0. The summed E-state index contributed by atoms with van der Waals surface area (Å²) in [6.07, 6.45) is -5.16. The zero-order valence-electron chi connectivity index (χ0n) is 18.7. The monoisotopic (exact) mass is 480 g/mol. The first-order chi connectivity index (χ1) is 15.7. The summed E-state index contributed by atoms with van der Waals surface area (Å²) in [6.45, 7) is 1.61. The molecule has 0 saturated heterocycles. The maximum Gasteiger partial charge on any atom is 0.421 e. The Morgan fingerprint density at radius 1 is 1.12 bits per heavy atom. The lowest BCUT2D eigenvalue weighted by molar-refractivity contribution is -0.138. The van der Waals surface area contributed by atoms with Gasteiger partial charge in [-0.1, -0.05) is 6.07 Å². The molecule has 1 aliphatic heterocycles. The fraction of sp³-hybridized carbons (Fsp3) is 0.318. The van der Waals surface area contributed by atoms with Gasteiger partial charge in [0.1, 0.15) is 17.2 Å². The van der Waals surface area contributed by atoms with Gasteiger partial charge in [0.25, 0.3) is 0 Å². The Balaban J connectivity index is 2.05. The number of alkyl halides is 3. The van der Waals surface area contributed by atoms with Crippen LogP contribution in [0.5, 0.6) is 0 Å². The molecule has 1 atom stereocenters. The number of benzene rings is 2. The number of imidazole rings is 1. The number of hydrogen-bond donors (Lipinski definition) is 1. The predicted molar refractivity (Wildman–Crippen MR) is 117 cm³/mol. The molecule has 0 bridgehead atoms. The van der Waals surface area contributed by atoms with Crippen LogP contribution in [-0.4, -0.2) is 47.5 Å². The number of anilines is 1. The molecule has 0 aliphatic carbocycles. The van der Waals surface area contributed by atoms with Crippen LogP contribution in [0.1, 0.15) is 24.5 Å². The van der Waals surface area contributed by atoms with Gasteiger partial charge in [0.2, 0.25) is 11.9 Å². The number of nitrogens with zero attached hydrogens (tertiary/aromatic N) is 5. The van der Waals surface area contributed by atoms with Crippen LogP contribution >= 0.6 is 0 Å². The number of guanidine groups is 1. The molecule has 1 amide bonds. The molecule has 0 spiro atoms. The molecular weight excluding hydrogens is 459 g/mol. The number of fused-ring (bicyclic) bond motifs is 1. The average Bonchev–Trinajstić information content (AvgIpc) is 3.10. The molecule has 0 unspecified atom stereocenters. The maximum atomic E-state index is 15.2. The second kappa shape index (κ2) is 7.67. The van der Waals surface area contributed by atoms with Crippen molar-refractivity contribution in [2.24, 2.45) is 10.7 Å². The molecule has 0 saturated carbocycles. The van der Waals surface area contributed by atoms with Crippen molar-refractivity contribution in [3.63, 3.8) is 0 Å². The Morgan fingerprint density at radius 3 is 2.35 bits per heavy atom. The van der Waals surface area contributed by atoms with E-state index in [1.54, 1.807) is 6.92 Å². The standard InChI is InChI=1S/C22H21F5N6O/c1-21(10-16(34)32(4)19(28)30-21)11-5-6-12(23)15(9-11)33-18-14(29-20(33)31(2)3)8-7-13(24)17(18)22(25,26)27/h5-9H,10H2,1-4H3,(H2,28,30)/t21-/m0/s1. The molecule has 2 heterocycles. The highest BCUT2D eigenvalue weighted by atomic mass is 19.4. The highest BCUT2D eigenvalue weighted by molar-refractivity contribution is 5.98. The van der Waals surface area contributed by atoms with Gasteiger partial charge in [0.05, 0.1) is 28.7 Å². The van der Waals surface area contributed by atoms with E-state index in [2.05, 4.69) is 9.98 Å². The maximum absolute atomic E-state index is 15.2. The summed E-state index contributed by atoms with van der Waals surface area (Å²) in [6, 6.07) is 5.50. The molecule has 1 aromatic heterocycles.